The standard InChI is InChI=1S/C16H21NO3/c1-11-4-2-3-5-12(11)7-9-15(18)17-14-8-6-13(10-14)16(19)20/h2-5,13-14H,6-10H2,1H3,(H,17,18)(H,19,20)/t13-,14+/m1/s1. The molecule has 0 unspecified atom stereocenters. The molecule has 20 heavy (non-hydrogen) atoms. The summed E-state index contributed by atoms with van der Waals surface area (Å²) >= 11 is 0. The van der Waals surface area contributed by atoms with Crippen LogP contribution in [0.2, 0.25) is 0 Å². The Balaban J connectivity index is 1.77. The van der Waals surface area contributed by atoms with Crippen LogP contribution in [0.5, 0.6) is 0 Å². The maximum atomic E-state index is 11.9. The Kier molecular flexibility index (Phi) is 4.77. The summed E-state index contributed by atoms with van der Waals surface area (Å²) in [5, 5.41) is 11.9. The minimum atomic E-state index is -0.748. The Bertz CT molecular complexity index is 498. The van der Waals surface area contributed by atoms with Gasteiger partial charge in [0, 0.05) is 12.5 Å². The zero-order valence-corrected chi connectivity index (χ0v) is 11.8. The Morgan fingerprint density at radius 1 is 1.30 bits per heavy atom. The smallest absolute Gasteiger partial charge is 0.306 e. The largest absolute Gasteiger partial charge is 0.481 e. The van der Waals surface area contributed by atoms with Gasteiger partial charge in [0.05, 0.1) is 5.92 Å². The van der Waals surface area contributed by atoms with Crippen molar-refractivity contribution < 1.29 is 14.7 Å². The molecule has 2 rings (SSSR count). The quantitative estimate of drug-likeness (QED) is 0.866. The number of carboxylic acid groups (broad SMARTS) is 1. The van der Waals surface area contributed by atoms with Crippen LogP contribution in [0.1, 0.15) is 36.8 Å². The number of amides is 1. The number of hydrogen-bond acceptors (Lipinski definition) is 2. The molecule has 1 fully saturated rings. The van der Waals surface area contributed by atoms with E-state index < -0.39 is 5.97 Å². The predicted octanol–water partition coefficient (Wildman–Crippen LogP) is 2.30. The third-order valence-corrected chi connectivity index (χ3v) is 4.03. The van der Waals surface area contributed by atoms with E-state index in [0.717, 1.165) is 12.8 Å². The molecule has 0 aromatic heterocycles. The maximum absolute atomic E-state index is 11.9. The van der Waals surface area contributed by atoms with E-state index in [0.29, 0.717) is 19.3 Å². The van der Waals surface area contributed by atoms with Gasteiger partial charge in [-0.25, -0.2) is 0 Å². The Labute approximate surface area is 119 Å². The second-order valence-corrected chi connectivity index (χ2v) is 5.54. The monoisotopic (exact) mass is 275 g/mol. The molecule has 4 nitrogen and oxygen atoms in total. The summed E-state index contributed by atoms with van der Waals surface area (Å²) in [6.07, 6.45) is 3.18. The summed E-state index contributed by atoms with van der Waals surface area (Å²) in [7, 11) is 0. The minimum Gasteiger partial charge on any atom is -0.481 e. The molecule has 1 aromatic rings. The molecule has 1 saturated carbocycles. The first-order valence-corrected chi connectivity index (χ1v) is 7.13. The van der Waals surface area contributed by atoms with Gasteiger partial charge in [-0.05, 0) is 43.7 Å². The molecule has 2 atom stereocenters. The van der Waals surface area contributed by atoms with Crippen LogP contribution in [0.25, 0.3) is 0 Å². The number of rotatable bonds is 5. The van der Waals surface area contributed by atoms with Crippen LogP contribution in [0.15, 0.2) is 24.3 Å². The van der Waals surface area contributed by atoms with Gasteiger partial charge in [0.25, 0.3) is 0 Å². The normalized spacial score (nSPS) is 21.6. The first kappa shape index (κ1) is 14.6. The molecule has 0 heterocycles. The van der Waals surface area contributed by atoms with Crippen LogP contribution >= 0.6 is 0 Å². The van der Waals surface area contributed by atoms with Crippen molar-refractivity contribution >= 4 is 11.9 Å². The number of hydrogen-bond donors (Lipinski definition) is 2. The SMILES string of the molecule is Cc1ccccc1CCC(=O)N[C@H]1CC[C@@H](C(=O)O)C1. The van der Waals surface area contributed by atoms with E-state index >= 15 is 0 Å². The molecule has 0 saturated heterocycles. The van der Waals surface area contributed by atoms with Gasteiger partial charge in [0.15, 0.2) is 0 Å². The Morgan fingerprint density at radius 3 is 2.70 bits per heavy atom. The van der Waals surface area contributed by atoms with Crippen molar-refractivity contribution in [2.75, 3.05) is 0 Å². The third kappa shape index (κ3) is 3.83. The Morgan fingerprint density at radius 2 is 2.05 bits per heavy atom. The number of carbonyl (C=O) groups is 2. The van der Waals surface area contributed by atoms with Crippen molar-refractivity contribution in [2.24, 2.45) is 5.92 Å². The van der Waals surface area contributed by atoms with Crippen LogP contribution in [-0.4, -0.2) is 23.0 Å². The molecule has 1 amide bonds. The fraction of sp³-hybridized carbons (Fsp3) is 0.500. The number of aryl methyl sites for hydroxylation is 2. The molecule has 0 bridgehead atoms. The first-order chi connectivity index (χ1) is 9.56. The predicted molar refractivity (Wildman–Crippen MR) is 76.4 cm³/mol. The molecule has 1 aliphatic carbocycles. The lowest BCUT2D eigenvalue weighted by molar-refractivity contribution is -0.141. The van der Waals surface area contributed by atoms with Gasteiger partial charge >= 0.3 is 5.97 Å². The molecule has 0 aliphatic heterocycles. The Hall–Kier alpha value is -1.84. The van der Waals surface area contributed by atoms with Crippen molar-refractivity contribution in [3.8, 4) is 0 Å². The summed E-state index contributed by atoms with van der Waals surface area (Å²) < 4.78 is 0. The highest BCUT2D eigenvalue weighted by molar-refractivity contribution is 5.77. The zero-order valence-electron chi connectivity index (χ0n) is 11.8. The van der Waals surface area contributed by atoms with E-state index in [1.807, 2.05) is 31.2 Å². The lowest BCUT2D eigenvalue weighted by atomic mass is 10.0. The van der Waals surface area contributed by atoms with Gasteiger partial charge in [-0.15, -0.1) is 0 Å². The summed E-state index contributed by atoms with van der Waals surface area (Å²) in [5.74, 6) is -1.03. The number of carboxylic acids is 1. The summed E-state index contributed by atoms with van der Waals surface area (Å²) in [6, 6.07) is 8.08. The molecule has 108 valence electrons. The van der Waals surface area contributed by atoms with E-state index in [2.05, 4.69) is 5.32 Å². The van der Waals surface area contributed by atoms with Gasteiger partial charge < -0.3 is 10.4 Å². The number of carbonyl (C=O) groups excluding carboxylic acids is 1. The van der Waals surface area contributed by atoms with E-state index in [1.54, 1.807) is 0 Å². The average Bonchev–Trinajstić information content (AvgIpc) is 2.86. The topological polar surface area (TPSA) is 66.4 Å². The second kappa shape index (κ2) is 6.55. The van der Waals surface area contributed by atoms with Gasteiger partial charge in [-0.1, -0.05) is 24.3 Å². The highest BCUT2D eigenvalue weighted by Gasteiger charge is 2.30. The summed E-state index contributed by atoms with van der Waals surface area (Å²) in [6.45, 7) is 2.04. The molecule has 4 heteroatoms. The van der Waals surface area contributed by atoms with Crippen LogP contribution in [0, 0.1) is 12.8 Å². The molecule has 1 aliphatic rings. The van der Waals surface area contributed by atoms with Crippen LogP contribution in [-0.2, 0) is 16.0 Å². The van der Waals surface area contributed by atoms with Crippen molar-refractivity contribution in [3.05, 3.63) is 35.4 Å². The van der Waals surface area contributed by atoms with Crippen molar-refractivity contribution in [1.29, 1.82) is 0 Å². The summed E-state index contributed by atoms with van der Waals surface area (Å²) in [4.78, 5) is 22.8. The first-order valence-electron chi connectivity index (χ1n) is 7.13. The number of benzene rings is 1. The summed E-state index contributed by atoms with van der Waals surface area (Å²) in [5.41, 5.74) is 2.39. The number of nitrogens with one attached hydrogen (secondary N) is 1. The van der Waals surface area contributed by atoms with Gasteiger partial charge in [0.2, 0.25) is 5.91 Å². The minimum absolute atomic E-state index is 0.0179. The van der Waals surface area contributed by atoms with Gasteiger partial charge in [0.1, 0.15) is 0 Å². The second-order valence-electron chi connectivity index (χ2n) is 5.54. The van der Waals surface area contributed by atoms with Crippen LogP contribution < -0.4 is 5.32 Å². The van der Waals surface area contributed by atoms with E-state index in [9.17, 15) is 9.59 Å². The molecule has 0 spiro atoms. The highest BCUT2D eigenvalue weighted by atomic mass is 16.4. The average molecular weight is 275 g/mol. The molecule has 2 N–H and O–H groups in total. The van der Waals surface area contributed by atoms with Gasteiger partial charge in [-0.2, -0.15) is 0 Å². The third-order valence-electron chi connectivity index (χ3n) is 4.03. The molecule has 0 radical (unpaired) electrons. The number of aliphatic carboxylic acids is 1. The fourth-order valence-corrected chi connectivity index (χ4v) is 2.78. The van der Waals surface area contributed by atoms with E-state index in [4.69, 9.17) is 5.11 Å². The van der Waals surface area contributed by atoms with E-state index in [-0.39, 0.29) is 17.9 Å². The van der Waals surface area contributed by atoms with Crippen molar-refractivity contribution in [1.82, 2.24) is 5.32 Å². The molecular formula is C16H21NO3. The van der Waals surface area contributed by atoms with Crippen LogP contribution in [0.3, 0.4) is 0 Å². The maximum Gasteiger partial charge on any atom is 0.306 e. The molecular weight excluding hydrogens is 254 g/mol. The van der Waals surface area contributed by atoms with Gasteiger partial charge in [-0.3, -0.25) is 9.59 Å². The highest BCUT2D eigenvalue weighted by Crippen LogP contribution is 2.25. The van der Waals surface area contributed by atoms with Crippen molar-refractivity contribution in [3.63, 3.8) is 0 Å². The fourth-order valence-electron chi connectivity index (χ4n) is 2.78. The lowest BCUT2D eigenvalue weighted by Crippen LogP contribution is -2.33. The molecule has 1 aromatic carbocycles. The van der Waals surface area contributed by atoms with Crippen LogP contribution in [0.4, 0.5) is 0 Å². The van der Waals surface area contributed by atoms with Crippen molar-refractivity contribution in [2.45, 2.75) is 45.1 Å². The van der Waals surface area contributed by atoms with E-state index in [1.165, 1.54) is 11.1 Å². The zero-order chi connectivity index (χ0) is 14.5. The lowest BCUT2D eigenvalue weighted by Gasteiger charge is -2.12.